The molecule has 0 saturated heterocycles. The molecule has 3 rings (SSSR count). The third kappa shape index (κ3) is 2.92. The van der Waals surface area contributed by atoms with E-state index in [1.165, 1.54) is 0 Å². The maximum atomic E-state index is 11.9. The molecule has 2 heterocycles. The second-order valence-electron chi connectivity index (χ2n) is 4.59. The third-order valence-corrected chi connectivity index (χ3v) is 3.47. The number of halogens is 1. The molecule has 0 atom stereocenters. The number of fused-ring (bicyclic) bond motifs is 1. The fourth-order valence-corrected chi connectivity index (χ4v) is 2.39. The Morgan fingerprint density at radius 1 is 1.24 bits per heavy atom. The predicted octanol–water partition coefficient (Wildman–Crippen LogP) is 2.85. The zero-order valence-corrected chi connectivity index (χ0v) is 12.0. The van der Waals surface area contributed by atoms with Crippen LogP contribution in [0, 0.1) is 0 Å². The van der Waals surface area contributed by atoms with E-state index < -0.39 is 0 Å². The molecule has 0 aliphatic carbocycles. The molecule has 0 fully saturated rings. The van der Waals surface area contributed by atoms with Crippen LogP contribution in [0.15, 0.2) is 47.4 Å². The third-order valence-electron chi connectivity index (χ3n) is 3.19. The SMILES string of the molecule is O=c1[nH]c2ccccc2n1CCCOc1cccnc1Cl. The van der Waals surface area contributed by atoms with Gasteiger partial charge in [-0.05, 0) is 30.7 Å². The number of imidazole rings is 1. The highest BCUT2D eigenvalue weighted by Gasteiger charge is 2.06. The molecule has 2 aromatic heterocycles. The van der Waals surface area contributed by atoms with Gasteiger partial charge in [-0.15, -0.1) is 0 Å². The van der Waals surface area contributed by atoms with Gasteiger partial charge in [0, 0.05) is 12.7 Å². The molecule has 3 aromatic rings. The van der Waals surface area contributed by atoms with Crippen molar-refractivity contribution in [3.05, 3.63) is 58.2 Å². The number of hydrogen-bond acceptors (Lipinski definition) is 3. The molecule has 0 bridgehead atoms. The van der Waals surface area contributed by atoms with Gasteiger partial charge in [-0.2, -0.15) is 0 Å². The van der Waals surface area contributed by atoms with Gasteiger partial charge in [-0.3, -0.25) is 4.57 Å². The average molecular weight is 304 g/mol. The fourth-order valence-electron chi connectivity index (χ4n) is 2.21. The number of rotatable bonds is 5. The summed E-state index contributed by atoms with van der Waals surface area (Å²) in [6.07, 6.45) is 2.31. The number of aromatic nitrogens is 3. The molecule has 5 nitrogen and oxygen atoms in total. The lowest BCUT2D eigenvalue weighted by Crippen LogP contribution is -2.18. The number of nitrogens with one attached hydrogen (secondary N) is 1. The predicted molar refractivity (Wildman–Crippen MR) is 81.9 cm³/mol. The number of benzene rings is 1. The van der Waals surface area contributed by atoms with Gasteiger partial charge in [0.05, 0.1) is 17.6 Å². The number of hydrogen-bond donors (Lipinski definition) is 1. The number of ether oxygens (including phenoxy) is 1. The summed E-state index contributed by atoms with van der Waals surface area (Å²) >= 11 is 5.91. The second kappa shape index (κ2) is 6.01. The van der Waals surface area contributed by atoms with E-state index in [9.17, 15) is 4.79 Å². The quantitative estimate of drug-likeness (QED) is 0.582. The summed E-state index contributed by atoms with van der Waals surface area (Å²) < 4.78 is 7.28. The van der Waals surface area contributed by atoms with Crippen LogP contribution in [0.2, 0.25) is 5.15 Å². The van der Waals surface area contributed by atoms with Crippen LogP contribution in [-0.2, 0) is 6.54 Å². The lowest BCUT2D eigenvalue weighted by atomic mass is 10.3. The van der Waals surface area contributed by atoms with Gasteiger partial charge in [0.15, 0.2) is 10.9 Å². The zero-order valence-electron chi connectivity index (χ0n) is 11.3. The van der Waals surface area contributed by atoms with Gasteiger partial charge in [0.1, 0.15) is 0 Å². The van der Waals surface area contributed by atoms with Crippen molar-refractivity contribution >= 4 is 22.6 Å². The molecule has 0 aliphatic rings. The first-order valence-corrected chi connectivity index (χ1v) is 7.04. The first kappa shape index (κ1) is 13.7. The Kier molecular flexibility index (Phi) is 3.92. The minimum Gasteiger partial charge on any atom is -0.490 e. The minimum atomic E-state index is -0.101. The van der Waals surface area contributed by atoms with Crippen molar-refractivity contribution in [1.29, 1.82) is 0 Å². The van der Waals surface area contributed by atoms with Crippen LogP contribution >= 0.6 is 11.6 Å². The Balaban J connectivity index is 1.64. The van der Waals surface area contributed by atoms with Crippen LogP contribution in [0.4, 0.5) is 0 Å². The van der Waals surface area contributed by atoms with Crippen LogP contribution < -0.4 is 10.4 Å². The number of para-hydroxylation sites is 2. The highest BCUT2D eigenvalue weighted by atomic mass is 35.5. The number of H-pyrrole nitrogens is 1. The summed E-state index contributed by atoms with van der Waals surface area (Å²) in [5, 5.41) is 0.349. The van der Waals surface area contributed by atoms with Crippen molar-refractivity contribution < 1.29 is 4.74 Å². The van der Waals surface area contributed by atoms with Crippen molar-refractivity contribution in [1.82, 2.24) is 14.5 Å². The summed E-state index contributed by atoms with van der Waals surface area (Å²) in [7, 11) is 0. The Bertz CT molecular complexity index is 810. The first-order valence-electron chi connectivity index (χ1n) is 6.66. The Labute approximate surface area is 126 Å². The van der Waals surface area contributed by atoms with Crippen LogP contribution in [0.1, 0.15) is 6.42 Å². The van der Waals surface area contributed by atoms with E-state index in [0.29, 0.717) is 30.5 Å². The van der Waals surface area contributed by atoms with E-state index in [1.807, 2.05) is 24.3 Å². The molecule has 6 heteroatoms. The van der Waals surface area contributed by atoms with Crippen LogP contribution in [0.3, 0.4) is 0 Å². The largest absolute Gasteiger partial charge is 0.490 e. The molecule has 21 heavy (non-hydrogen) atoms. The zero-order chi connectivity index (χ0) is 14.7. The Morgan fingerprint density at radius 3 is 2.95 bits per heavy atom. The van der Waals surface area contributed by atoms with E-state index in [4.69, 9.17) is 16.3 Å². The van der Waals surface area contributed by atoms with E-state index >= 15 is 0 Å². The highest BCUT2D eigenvalue weighted by molar-refractivity contribution is 6.30. The summed E-state index contributed by atoms with van der Waals surface area (Å²) in [6.45, 7) is 1.05. The maximum Gasteiger partial charge on any atom is 0.326 e. The number of nitrogens with zero attached hydrogens (tertiary/aromatic N) is 2. The normalized spacial score (nSPS) is 10.9. The molecule has 0 spiro atoms. The monoisotopic (exact) mass is 303 g/mol. The average Bonchev–Trinajstić information content (AvgIpc) is 2.81. The van der Waals surface area contributed by atoms with Crippen LogP contribution in [0.25, 0.3) is 11.0 Å². The standard InChI is InChI=1S/C15H14ClN3O2/c16-14-13(7-3-8-17-14)21-10-4-9-19-12-6-2-1-5-11(12)18-15(19)20/h1-3,5-8H,4,9-10H2,(H,18,20). The number of aryl methyl sites for hydroxylation is 1. The molecule has 0 aliphatic heterocycles. The van der Waals surface area contributed by atoms with Crippen molar-refractivity contribution in [2.24, 2.45) is 0 Å². The van der Waals surface area contributed by atoms with Gasteiger partial charge < -0.3 is 9.72 Å². The van der Waals surface area contributed by atoms with Gasteiger partial charge in [-0.1, -0.05) is 23.7 Å². The van der Waals surface area contributed by atoms with Crippen LogP contribution in [-0.4, -0.2) is 21.1 Å². The van der Waals surface area contributed by atoms with Crippen LogP contribution in [0.5, 0.6) is 5.75 Å². The topological polar surface area (TPSA) is 59.9 Å². The minimum absolute atomic E-state index is 0.101. The van der Waals surface area contributed by atoms with E-state index in [1.54, 1.807) is 22.9 Å². The molecule has 0 unspecified atom stereocenters. The van der Waals surface area contributed by atoms with Gasteiger partial charge >= 0.3 is 5.69 Å². The lowest BCUT2D eigenvalue weighted by molar-refractivity contribution is 0.301. The van der Waals surface area contributed by atoms with E-state index in [-0.39, 0.29) is 5.69 Å². The van der Waals surface area contributed by atoms with Gasteiger partial charge in [-0.25, -0.2) is 9.78 Å². The number of aromatic amines is 1. The van der Waals surface area contributed by atoms with Crippen molar-refractivity contribution in [2.45, 2.75) is 13.0 Å². The summed E-state index contributed by atoms with van der Waals surface area (Å²) in [6, 6.07) is 11.2. The van der Waals surface area contributed by atoms with Crippen molar-refractivity contribution in [3.63, 3.8) is 0 Å². The first-order chi connectivity index (χ1) is 10.3. The summed E-state index contributed by atoms with van der Waals surface area (Å²) in [5.41, 5.74) is 1.65. The Hall–Kier alpha value is -2.27. The van der Waals surface area contributed by atoms with E-state index in [0.717, 1.165) is 11.0 Å². The molecular formula is C15H14ClN3O2. The maximum absolute atomic E-state index is 11.9. The second-order valence-corrected chi connectivity index (χ2v) is 4.95. The molecule has 108 valence electrons. The van der Waals surface area contributed by atoms with Gasteiger partial charge in [0.2, 0.25) is 0 Å². The smallest absolute Gasteiger partial charge is 0.326 e. The molecule has 0 radical (unpaired) electrons. The molecule has 0 amide bonds. The fraction of sp³-hybridized carbons (Fsp3) is 0.200. The molecule has 0 saturated carbocycles. The number of pyridine rings is 1. The van der Waals surface area contributed by atoms with Crippen molar-refractivity contribution in [2.75, 3.05) is 6.61 Å². The molecule has 1 N–H and O–H groups in total. The molecular weight excluding hydrogens is 290 g/mol. The lowest BCUT2D eigenvalue weighted by Gasteiger charge is -2.07. The molecule has 1 aromatic carbocycles. The summed E-state index contributed by atoms with van der Waals surface area (Å²) in [5.74, 6) is 0.561. The summed E-state index contributed by atoms with van der Waals surface area (Å²) in [4.78, 5) is 18.7. The van der Waals surface area contributed by atoms with Gasteiger partial charge in [0.25, 0.3) is 0 Å². The van der Waals surface area contributed by atoms with E-state index in [2.05, 4.69) is 9.97 Å². The van der Waals surface area contributed by atoms with Crippen molar-refractivity contribution in [3.8, 4) is 5.75 Å². The highest BCUT2D eigenvalue weighted by Crippen LogP contribution is 2.20. The Morgan fingerprint density at radius 2 is 2.10 bits per heavy atom.